The lowest BCUT2D eigenvalue weighted by atomic mass is 10.2. The fraction of sp³-hybridized carbons (Fsp3) is 0.200. The number of aromatic amines is 1. The number of aryl methyl sites for hydroxylation is 1. The summed E-state index contributed by atoms with van der Waals surface area (Å²) in [6, 6.07) is 4.63. The highest BCUT2D eigenvalue weighted by molar-refractivity contribution is 6.06. The summed E-state index contributed by atoms with van der Waals surface area (Å²) in [6.07, 6.45) is 3.57. The maximum Gasteiger partial charge on any atom is 0.124 e. The predicted octanol–water partition coefficient (Wildman–Crippen LogP) is 2.35. The summed E-state index contributed by atoms with van der Waals surface area (Å²) in [5.41, 5.74) is 3.78. The molecular formula is C15H14FN5O. The molecule has 6 nitrogen and oxygen atoms in total. The number of rotatable bonds is 3. The fourth-order valence-electron chi connectivity index (χ4n) is 2.85. The van der Waals surface area contributed by atoms with Gasteiger partial charge < -0.3 is 9.67 Å². The van der Waals surface area contributed by atoms with E-state index in [9.17, 15) is 9.50 Å². The fourth-order valence-corrected chi connectivity index (χ4v) is 2.85. The Balaban J connectivity index is 2.12. The lowest BCUT2D eigenvalue weighted by Gasteiger charge is -2.05. The second-order valence-corrected chi connectivity index (χ2v) is 5.10. The third-order valence-electron chi connectivity index (χ3n) is 3.86. The van der Waals surface area contributed by atoms with Crippen molar-refractivity contribution in [3.05, 3.63) is 42.1 Å². The molecule has 2 N–H and O–H groups in total. The van der Waals surface area contributed by atoms with Crippen molar-refractivity contribution in [3.8, 4) is 5.69 Å². The van der Waals surface area contributed by atoms with Crippen LogP contribution in [0, 0.1) is 5.82 Å². The van der Waals surface area contributed by atoms with E-state index in [0.29, 0.717) is 12.2 Å². The number of aliphatic hydroxyl groups excluding tert-OH is 1. The quantitative estimate of drug-likeness (QED) is 0.610. The molecular weight excluding hydrogens is 285 g/mol. The Morgan fingerprint density at radius 1 is 1.32 bits per heavy atom. The van der Waals surface area contributed by atoms with Crippen LogP contribution in [-0.2, 0) is 13.2 Å². The standard InChI is InChI=1S/C15H14FN5O/c1-2-20-7-14(11(8-22)19-20)21-12-4-3-9(16)5-10(12)15-13(21)6-17-18-15/h3-7,22H,2,8H2,1H3,(H,17,18). The number of halogens is 1. The van der Waals surface area contributed by atoms with Gasteiger partial charge in [-0.05, 0) is 25.1 Å². The number of nitrogens with one attached hydrogen (secondary N) is 1. The molecule has 7 heteroatoms. The van der Waals surface area contributed by atoms with Gasteiger partial charge in [0.05, 0.1) is 35.0 Å². The van der Waals surface area contributed by atoms with Crippen molar-refractivity contribution in [1.29, 1.82) is 0 Å². The summed E-state index contributed by atoms with van der Waals surface area (Å²) in [6.45, 7) is 2.52. The highest BCUT2D eigenvalue weighted by atomic mass is 19.1. The number of hydrogen-bond donors (Lipinski definition) is 2. The molecule has 0 aliphatic carbocycles. The molecule has 0 bridgehead atoms. The molecule has 4 aromatic rings. The normalized spacial score (nSPS) is 11.8. The van der Waals surface area contributed by atoms with Gasteiger partial charge in [-0.2, -0.15) is 10.2 Å². The van der Waals surface area contributed by atoms with E-state index in [1.54, 1.807) is 16.9 Å². The molecule has 1 aromatic carbocycles. The molecule has 3 aromatic heterocycles. The lowest BCUT2D eigenvalue weighted by Crippen LogP contribution is -1.97. The molecule has 0 unspecified atom stereocenters. The van der Waals surface area contributed by atoms with Gasteiger partial charge in [0.25, 0.3) is 0 Å². The zero-order chi connectivity index (χ0) is 15.3. The number of hydrogen-bond acceptors (Lipinski definition) is 3. The molecule has 22 heavy (non-hydrogen) atoms. The van der Waals surface area contributed by atoms with Gasteiger partial charge in [0, 0.05) is 18.1 Å². The molecule has 0 saturated heterocycles. The molecule has 0 spiro atoms. The van der Waals surface area contributed by atoms with Crippen LogP contribution < -0.4 is 0 Å². The SMILES string of the molecule is CCn1cc(-n2c3ccc(F)cc3c3[nH]ncc32)c(CO)n1. The van der Waals surface area contributed by atoms with Crippen LogP contribution in [0.1, 0.15) is 12.6 Å². The third-order valence-corrected chi connectivity index (χ3v) is 3.86. The summed E-state index contributed by atoms with van der Waals surface area (Å²) in [7, 11) is 0. The molecule has 4 rings (SSSR count). The van der Waals surface area contributed by atoms with Crippen LogP contribution in [0.15, 0.2) is 30.6 Å². The van der Waals surface area contributed by atoms with Gasteiger partial charge in [-0.1, -0.05) is 0 Å². The Labute approximate surface area is 124 Å². The summed E-state index contributed by atoms with van der Waals surface area (Å²) in [5, 5.41) is 21.7. The first-order valence-corrected chi connectivity index (χ1v) is 7.03. The molecule has 3 heterocycles. The Hall–Kier alpha value is -2.67. The van der Waals surface area contributed by atoms with E-state index in [4.69, 9.17) is 0 Å². The molecule has 0 fully saturated rings. The Morgan fingerprint density at radius 2 is 2.18 bits per heavy atom. The molecule has 0 radical (unpaired) electrons. The Bertz CT molecular complexity index is 981. The highest BCUT2D eigenvalue weighted by Gasteiger charge is 2.18. The second kappa shape index (κ2) is 4.67. The average Bonchev–Trinajstić information content (AvgIpc) is 3.20. The van der Waals surface area contributed by atoms with Crippen molar-refractivity contribution >= 4 is 21.9 Å². The predicted molar refractivity (Wildman–Crippen MR) is 80.3 cm³/mol. The third kappa shape index (κ3) is 1.69. The van der Waals surface area contributed by atoms with Crippen molar-refractivity contribution in [1.82, 2.24) is 24.5 Å². The van der Waals surface area contributed by atoms with E-state index >= 15 is 0 Å². The van der Waals surface area contributed by atoms with Crippen molar-refractivity contribution in [2.45, 2.75) is 20.1 Å². The number of H-pyrrole nitrogens is 1. The van der Waals surface area contributed by atoms with Gasteiger partial charge in [0.2, 0.25) is 0 Å². The van der Waals surface area contributed by atoms with Crippen molar-refractivity contribution in [2.24, 2.45) is 0 Å². The number of aromatic nitrogens is 5. The minimum atomic E-state index is -0.298. The smallest absolute Gasteiger partial charge is 0.124 e. The highest BCUT2D eigenvalue weighted by Crippen LogP contribution is 2.32. The van der Waals surface area contributed by atoms with Crippen LogP contribution in [0.4, 0.5) is 4.39 Å². The van der Waals surface area contributed by atoms with Crippen LogP contribution >= 0.6 is 0 Å². The van der Waals surface area contributed by atoms with Crippen LogP contribution in [-0.4, -0.2) is 29.7 Å². The van der Waals surface area contributed by atoms with E-state index in [-0.39, 0.29) is 12.4 Å². The monoisotopic (exact) mass is 299 g/mol. The van der Waals surface area contributed by atoms with Crippen molar-refractivity contribution in [2.75, 3.05) is 0 Å². The zero-order valence-electron chi connectivity index (χ0n) is 11.9. The van der Waals surface area contributed by atoms with E-state index in [1.165, 1.54) is 12.1 Å². The molecule has 0 atom stereocenters. The lowest BCUT2D eigenvalue weighted by molar-refractivity contribution is 0.275. The minimum absolute atomic E-state index is 0.164. The maximum absolute atomic E-state index is 13.6. The van der Waals surface area contributed by atoms with Crippen molar-refractivity contribution < 1.29 is 9.50 Å². The minimum Gasteiger partial charge on any atom is -0.390 e. The number of nitrogens with zero attached hydrogens (tertiary/aromatic N) is 4. The first kappa shape index (κ1) is 13.0. The first-order valence-electron chi connectivity index (χ1n) is 7.03. The van der Waals surface area contributed by atoms with E-state index in [1.807, 2.05) is 17.7 Å². The van der Waals surface area contributed by atoms with Crippen LogP contribution in [0.25, 0.3) is 27.6 Å². The number of benzene rings is 1. The van der Waals surface area contributed by atoms with Crippen LogP contribution in [0.5, 0.6) is 0 Å². The number of aliphatic hydroxyl groups is 1. The topological polar surface area (TPSA) is 71.7 Å². The molecule has 0 amide bonds. The molecule has 0 aliphatic heterocycles. The average molecular weight is 299 g/mol. The van der Waals surface area contributed by atoms with Gasteiger partial charge in [-0.3, -0.25) is 9.78 Å². The zero-order valence-corrected chi connectivity index (χ0v) is 11.9. The van der Waals surface area contributed by atoms with Crippen LogP contribution in [0.3, 0.4) is 0 Å². The summed E-state index contributed by atoms with van der Waals surface area (Å²) >= 11 is 0. The van der Waals surface area contributed by atoms with E-state index < -0.39 is 0 Å². The Kier molecular flexibility index (Phi) is 2.77. The van der Waals surface area contributed by atoms with E-state index in [2.05, 4.69) is 15.3 Å². The first-order chi connectivity index (χ1) is 10.7. The summed E-state index contributed by atoms with van der Waals surface area (Å²) in [4.78, 5) is 0. The van der Waals surface area contributed by atoms with Gasteiger partial charge >= 0.3 is 0 Å². The van der Waals surface area contributed by atoms with Crippen molar-refractivity contribution in [3.63, 3.8) is 0 Å². The van der Waals surface area contributed by atoms with Gasteiger partial charge in [-0.15, -0.1) is 0 Å². The number of fused-ring (bicyclic) bond motifs is 3. The van der Waals surface area contributed by atoms with Gasteiger partial charge in [0.15, 0.2) is 0 Å². The molecule has 112 valence electrons. The molecule has 0 aliphatic rings. The Morgan fingerprint density at radius 3 is 2.95 bits per heavy atom. The van der Waals surface area contributed by atoms with Gasteiger partial charge in [-0.25, -0.2) is 4.39 Å². The summed E-state index contributed by atoms with van der Waals surface area (Å²) < 4.78 is 17.3. The van der Waals surface area contributed by atoms with Crippen LogP contribution in [0.2, 0.25) is 0 Å². The maximum atomic E-state index is 13.6. The summed E-state index contributed by atoms with van der Waals surface area (Å²) in [5.74, 6) is -0.298. The second-order valence-electron chi connectivity index (χ2n) is 5.10. The largest absolute Gasteiger partial charge is 0.390 e. The van der Waals surface area contributed by atoms with Gasteiger partial charge in [0.1, 0.15) is 11.5 Å². The van der Waals surface area contributed by atoms with E-state index in [0.717, 1.165) is 27.6 Å². The molecule has 0 saturated carbocycles.